The summed E-state index contributed by atoms with van der Waals surface area (Å²) in [6.07, 6.45) is 1.93. The topological polar surface area (TPSA) is 65.6 Å². The maximum atomic E-state index is 13.1. The number of hydrogen-bond donors (Lipinski definition) is 0. The summed E-state index contributed by atoms with van der Waals surface area (Å²) in [5, 5.41) is 0. The van der Waals surface area contributed by atoms with Crippen LogP contribution in [0.25, 0.3) is 27.8 Å². The lowest BCUT2D eigenvalue weighted by Gasteiger charge is -2.10. The molecular formula is C24H19N3O3S. The van der Waals surface area contributed by atoms with E-state index in [0.29, 0.717) is 15.2 Å². The molecule has 0 amide bonds. The minimum atomic E-state index is -0.346. The molecule has 0 unspecified atom stereocenters. The zero-order valence-electron chi connectivity index (χ0n) is 17.2. The van der Waals surface area contributed by atoms with Gasteiger partial charge in [-0.15, -0.1) is 0 Å². The van der Waals surface area contributed by atoms with Crippen LogP contribution in [0, 0.1) is 13.8 Å². The monoisotopic (exact) mass is 429 g/mol. The van der Waals surface area contributed by atoms with Gasteiger partial charge in [0.25, 0.3) is 5.56 Å². The molecule has 0 radical (unpaired) electrons. The third kappa shape index (κ3) is 3.23. The Morgan fingerprint density at radius 3 is 2.58 bits per heavy atom. The number of hydrogen-bond acceptors (Lipinski definition) is 5. The second kappa shape index (κ2) is 7.21. The molecule has 3 heterocycles. The first kappa shape index (κ1) is 19.3. The average molecular weight is 430 g/mol. The largest absolute Gasteiger partial charge is 0.427 e. The number of esters is 1. The lowest BCUT2D eigenvalue weighted by atomic mass is 10.2. The summed E-state index contributed by atoms with van der Waals surface area (Å²) in [6.45, 7) is 5.43. The molecule has 0 spiro atoms. The van der Waals surface area contributed by atoms with Gasteiger partial charge < -0.3 is 9.30 Å². The highest BCUT2D eigenvalue weighted by molar-refractivity contribution is 7.15. The molecule has 0 bridgehead atoms. The predicted molar refractivity (Wildman–Crippen MR) is 122 cm³/mol. The Labute approximate surface area is 181 Å². The van der Waals surface area contributed by atoms with Crippen molar-refractivity contribution in [2.45, 2.75) is 20.8 Å². The number of carbonyl (C=O) groups is 1. The Bertz CT molecular complexity index is 1570. The van der Waals surface area contributed by atoms with E-state index in [1.807, 2.05) is 56.3 Å². The molecule has 2 aromatic carbocycles. The number of thiazole rings is 1. The van der Waals surface area contributed by atoms with Crippen molar-refractivity contribution in [1.82, 2.24) is 14.0 Å². The van der Waals surface area contributed by atoms with Crippen molar-refractivity contribution in [2.75, 3.05) is 0 Å². The number of para-hydroxylation sites is 2. The first-order valence-electron chi connectivity index (χ1n) is 9.82. The van der Waals surface area contributed by atoms with E-state index < -0.39 is 0 Å². The van der Waals surface area contributed by atoms with Crippen LogP contribution in [0.2, 0.25) is 0 Å². The molecule has 0 aliphatic rings. The zero-order valence-corrected chi connectivity index (χ0v) is 18.1. The van der Waals surface area contributed by atoms with E-state index in [4.69, 9.17) is 4.74 Å². The molecule has 31 heavy (non-hydrogen) atoms. The molecule has 0 fully saturated rings. The molecule has 0 aliphatic carbocycles. The van der Waals surface area contributed by atoms with Gasteiger partial charge in [0.1, 0.15) is 5.75 Å². The summed E-state index contributed by atoms with van der Waals surface area (Å²) < 4.78 is 9.56. The van der Waals surface area contributed by atoms with Gasteiger partial charge in [-0.1, -0.05) is 23.5 Å². The van der Waals surface area contributed by atoms with Gasteiger partial charge in [0.2, 0.25) is 0 Å². The minimum absolute atomic E-state index is 0.0516. The molecule has 5 aromatic rings. The van der Waals surface area contributed by atoms with Crippen LogP contribution < -0.4 is 14.8 Å². The third-order valence-electron chi connectivity index (χ3n) is 5.26. The lowest BCUT2D eigenvalue weighted by molar-refractivity contribution is -0.131. The van der Waals surface area contributed by atoms with Crippen LogP contribution in [-0.4, -0.2) is 19.9 Å². The van der Waals surface area contributed by atoms with Crippen molar-refractivity contribution in [3.8, 4) is 11.4 Å². The van der Waals surface area contributed by atoms with Crippen LogP contribution in [0.3, 0.4) is 0 Å². The fourth-order valence-corrected chi connectivity index (χ4v) is 4.89. The third-order valence-corrected chi connectivity index (χ3v) is 6.23. The minimum Gasteiger partial charge on any atom is -0.427 e. The smallest absolute Gasteiger partial charge is 0.308 e. The summed E-state index contributed by atoms with van der Waals surface area (Å²) >= 11 is 1.40. The van der Waals surface area contributed by atoms with Crippen LogP contribution in [0.1, 0.15) is 23.9 Å². The lowest BCUT2D eigenvalue weighted by Crippen LogP contribution is -2.22. The zero-order chi connectivity index (χ0) is 21.7. The Morgan fingerprint density at radius 2 is 1.84 bits per heavy atom. The van der Waals surface area contributed by atoms with E-state index in [0.717, 1.165) is 33.7 Å². The van der Waals surface area contributed by atoms with Crippen molar-refractivity contribution >= 4 is 39.4 Å². The first-order valence-corrected chi connectivity index (χ1v) is 10.6. The number of fused-ring (bicyclic) bond motifs is 3. The summed E-state index contributed by atoms with van der Waals surface area (Å²) in [6, 6.07) is 17.1. The fourth-order valence-electron chi connectivity index (χ4n) is 3.91. The SMILES string of the molecule is CC(=O)Oc1ccc(-n2c(C)cc(/C=c3\sc4nc5ccccc5n4c3=O)c2C)cc1. The fraction of sp³-hybridized carbons (Fsp3) is 0.125. The van der Waals surface area contributed by atoms with Gasteiger partial charge in [0, 0.05) is 24.0 Å². The van der Waals surface area contributed by atoms with Gasteiger partial charge in [-0.3, -0.25) is 9.59 Å². The van der Waals surface area contributed by atoms with E-state index in [1.165, 1.54) is 18.3 Å². The number of rotatable bonds is 3. The summed E-state index contributed by atoms with van der Waals surface area (Å²) in [5.74, 6) is 0.164. The Kier molecular flexibility index (Phi) is 4.48. The van der Waals surface area contributed by atoms with Gasteiger partial charge in [0.05, 0.1) is 15.6 Å². The molecule has 6 nitrogen and oxygen atoms in total. The first-order chi connectivity index (χ1) is 14.9. The Balaban J connectivity index is 1.60. The van der Waals surface area contributed by atoms with Crippen LogP contribution >= 0.6 is 11.3 Å². The van der Waals surface area contributed by atoms with E-state index in [-0.39, 0.29) is 11.5 Å². The normalized spacial score (nSPS) is 12.2. The molecule has 0 saturated carbocycles. The van der Waals surface area contributed by atoms with E-state index in [2.05, 4.69) is 15.6 Å². The van der Waals surface area contributed by atoms with E-state index in [1.54, 1.807) is 16.5 Å². The van der Waals surface area contributed by atoms with Crippen LogP contribution in [0.15, 0.2) is 59.4 Å². The van der Waals surface area contributed by atoms with Gasteiger partial charge in [-0.2, -0.15) is 0 Å². The maximum Gasteiger partial charge on any atom is 0.308 e. The van der Waals surface area contributed by atoms with Crippen LogP contribution in [-0.2, 0) is 4.79 Å². The quantitative estimate of drug-likeness (QED) is 0.323. The van der Waals surface area contributed by atoms with Crippen LogP contribution in [0.5, 0.6) is 5.75 Å². The summed E-state index contributed by atoms with van der Waals surface area (Å²) in [7, 11) is 0. The van der Waals surface area contributed by atoms with Gasteiger partial charge in [-0.25, -0.2) is 9.38 Å². The number of benzene rings is 2. The average Bonchev–Trinajstić information content (AvgIpc) is 3.34. The van der Waals surface area contributed by atoms with Crippen molar-refractivity contribution in [3.05, 3.63) is 86.4 Å². The van der Waals surface area contributed by atoms with E-state index in [9.17, 15) is 9.59 Å². The number of imidazole rings is 1. The van der Waals surface area contributed by atoms with Crippen molar-refractivity contribution in [1.29, 1.82) is 0 Å². The molecule has 5 rings (SSSR count). The Hall–Kier alpha value is -3.71. The molecular weight excluding hydrogens is 410 g/mol. The Morgan fingerprint density at radius 1 is 1.10 bits per heavy atom. The van der Waals surface area contributed by atoms with Gasteiger partial charge in [0.15, 0.2) is 4.96 Å². The van der Waals surface area contributed by atoms with Gasteiger partial charge in [-0.05, 0) is 68.0 Å². The highest BCUT2D eigenvalue weighted by Crippen LogP contribution is 2.24. The van der Waals surface area contributed by atoms with E-state index >= 15 is 0 Å². The number of nitrogens with zero attached hydrogens (tertiary/aromatic N) is 3. The number of aryl methyl sites for hydroxylation is 1. The summed E-state index contributed by atoms with van der Waals surface area (Å²) in [5.41, 5.74) is 5.61. The predicted octanol–water partition coefficient (Wildman–Crippen LogP) is 3.79. The molecule has 3 aromatic heterocycles. The van der Waals surface area contributed by atoms with Crippen molar-refractivity contribution < 1.29 is 9.53 Å². The van der Waals surface area contributed by atoms with Crippen molar-refractivity contribution in [3.63, 3.8) is 0 Å². The molecule has 0 aliphatic heterocycles. The molecule has 0 saturated heterocycles. The molecule has 0 atom stereocenters. The number of ether oxygens (including phenoxy) is 1. The summed E-state index contributed by atoms with van der Waals surface area (Å²) in [4.78, 5) is 29.5. The van der Waals surface area contributed by atoms with Gasteiger partial charge >= 0.3 is 5.97 Å². The number of carbonyl (C=O) groups excluding carboxylic acids is 1. The highest BCUT2D eigenvalue weighted by Gasteiger charge is 2.13. The molecule has 7 heteroatoms. The van der Waals surface area contributed by atoms with Crippen molar-refractivity contribution in [2.24, 2.45) is 0 Å². The molecule has 154 valence electrons. The maximum absolute atomic E-state index is 13.1. The van der Waals surface area contributed by atoms with Crippen LogP contribution in [0.4, 0.5) is 0 Å². The second-order valence-electron chi connectivity index (χ2n) is 7.38. The standard InChI is InChI=1S/C24H19N3O3S/c1-14-12-17(15(2)26(14)18-8-10-19(11-9-18)30-16(3)28)13-22-23(29)27-21-7-5-4-6-20(21)25-24(27)31-22/h4-13H,1-3H3/b22-13-. The highest BCUT2D eigenvalue weighted by atomic mass is 32.1. The second-order valence-corrected chi connectivity index (χ2v) is 8.39. The molecule has 0 N–H and O–H groups in total. The number of aromatic nitrogens is 3.